The molecule has 2 aliphatic heterocycles. The zero-order valence-electron chi connectivity index (χ0n) is 15.0. The van der Waals surface area contributed by atoms with Gasteiger partial charge in [0, 0.05) is 45.0 Å². The van der Waals surface area contributed by atoms with E-state index in [1.54, 1.807) is 0 Å². The largest absolute Gasteiger partial charge is 0.369 e. The van der Waals surface area contributed by atoms with E-state index in [1.165, 1.54) is 11.3 Å². The minimum atomic E-state index is -0.0587. The fourth-order valence-electron chi connectivity index (χ4n) is 3.50. The normalized spacial score (nSPS) is 18.4. The van der Waals surface area contributed by atoms with Crippen molar-refractivity contribution >= 4 is 17.5 Å². The highest BCUT2D eigenvalue weighted by molar-refractivity contribution is 5.85. The Balaban J connectivity index is 1.38. The van der Waals surface area contributed by atoms with Gasteiger partial charge < -0.3 is 15.1 Å². The van der Waals surface area contributed by atoms with Gasteiger partial charge in [-0.2, -0.15) is 0 Å². The lowest BCUT2D eigenvalue weighted by atomic mass is 10.2. The zero-order valence-corrected chi connectivity index (χ0v) is 15.0. The van der Waals surface area contributed by atoms with Crippen LogP contribution in [0.15, 0.2) is 24.3 Å². The van der Waals surface area contributed by atoms with Crippen LogP contribution in [0, 0.1) is 6.92 Å². The summed E-state index contributed by atoms with van der Waals surface area (Å²) in [5.41, 5.74) is 2.52. The summed E-state index contributed by atoms with van der Waals surface area (Å²) in [6.45, 7) is 7.82. The highest BCUT2D eigenvalue weighted by atomic mass is 16.2. The van der Waals surface area contributed by atoms with E-state index in [9.17, 15) is 9.59 Å². The van der Waals surface area contributed by atoms with Gasteiger partial charge in [0.2, 0.25) is 11.8 Å². The number of anilines is 1. The van der Waals surface area contributed by atoms with E-state index in [0.29, 0.717) is 6.54 Å². The lowest BCUT2D eigenvalue weighted by molar-refractivity contribution is -0.132. The number of nitrogens with zero attached hydrogens (tertiary/aromatic N) is 3. The van der Waals surface area contributed by atoms with Crippen molar-refractivity contribution in [2.45, 2.75) is 19.8 Å². The molecule has 3 rings (SSSR count). The molecule has 0 aromatic heterocycles. The SMILES string of the molecule is Cc1cccc(N2CCN(CC(=O)NCC(=O)N3CCCC3)CC2)c1. The molecule has 2 fully saturated rings. The summed E-state index contributed by atoms with van der Waals surface area (Å²) in [5, 5.41) is 2.77. The van der Waals surface area contributed by atoms with Crippen molar-refractivity contribution in [3.63, 3.8) is 0 Å². The predicted octanol–water partition coefficient (Wildman–Crippen LogP) is 0.856. The molecule has 0 saturated carbocycles. The van der Waals surface area contributed by atoms with Gasteiger partial charge in [-0.3, -0.25) is 14.5 Å². The lowest BCUT2D eigenvalue weighted by Crippen LogP contribution is -2.50. The molecule has 0 radical (unpaired) electrons. The van der Waals surface area contributed by atoms with Gasteiger partial charge in [-0.25, -0.2) is 0 Å². The van der Waals surface area contributed by atoms with E-state index < -0.39 is 0 Å². The van der Waals surface area contributed by atoms with Gasteiger partial charge in [-0.05, 0) is 37.5 Å². The average Bonchev–Trinajstić information content (AvgIpc) is 3.15. The first kappa shape index (κ1) is 17.7. The Kier molecular flexibility index (Phi) is 5.91. The lowest BCUT2D eigenvalue weighted by Gasteiger charge is -2.35. The van der Waals surface area contributed by atoms with Crippen molar-refractivity contribution in [1.82, 2.24) is 15.1 Å². The molecule has 0 bridgehead atoms. The van der Waals surface area contributed by atoms with Crippen molar-refractivity contribution in [1.29, 1.82) is 0 Å². The summed E-state index contributed by atoms with van der Waals surface area (Å²) in [4.78, 5) is 30.4. The molecule has 0 spiro atoms. The summed E-state index contributed by atoms with van der Waals surface area (Å²) in [7, 11) is 0. The monoisotopic (exact) mass is 344 g/mol. The number of amides is 2. The number of hydrogen-bond acceptors (Lipinski definition) is 4. The van der Waals surface area contributed by atoms with E-state index in [1.807, 2.05) is 4.90 Å². The van der Waals surface area contributed by atoms with E-state index in [-0.39, 0.29) is 18.4 Å². The van der Waals surface area contributed by atoms with Gasteiger partial charge in [0.15, 0.2) is 0 Å². The number of carbonyl (C=O) groups is 2. The van der Waals surface area contributed by atoms with Crippen LogP contribution in [0.5, 0.6) is 0 Å². The third-order valence-electron chi connectivity index (χ3n) is 5.00. The third-order valence-corrected chi connectivity index (χ3v) is 5.00. The average molecular weight is 344 g/mol. The van der Waals surface area contributed by atoms with Crippen LogP contribution < -0.4 is 10.2 Å². The summed E-state index contributed by atoms with van der Waals surface area (Å²) >= 11 is 0. The highest BCUT2D eigenvalue weighted by Gasteiger charge is 2.21. The Labute approximate surface area is 149 Å². The molecule has 2 amide bonds. The first-order valence-electron chi connectivity index (χ1n) is 9.20. The fourth-order valence-corrected chi connectivity index (χ4v) is 3.50. The Morgan fingerprint density at radius 2 is 1.76 bits per heavy atom. The Morgan fingerprint density at radius 3 is 2.44 bits per heavy atom. The first-order chi connectivity index (χ1) is 12.1. The van der Waals surface area contributed by atoms with Crippen LogP contribution in [0.3, 0.4) is 0 Å². The highest BCUT2D eigenvalue weighted by Crippen LogP contribution is 2.17. The minimum Gasteiger partial charge on any atom is -0.369 e. The molecule has 2 aliphatic rings. The van der Waals surface area contributed by atoms with Crippen molar-refractivity contribution < 1.29 is 9.59 Å². The van der Waals surface area contributed by atoms with Crippen LogP contribution in [-0.4, -0.2) is 74.0 Å². The molecule has 136 valence electrons. The minimum absolute atomic E-state index is 0.0371. The summed E-state index contributed by atoms with van der Waals surface area (Å²) < 4.78 is 0. The van der Waals surface area contributed by atoms with Crippen LogP contribution in [0.2, 0.25) is 0 Å². The molecule has 6 nitrogen and oxygen atoms in total. The van der Waals surface area contributed by atoms with Crippen LogP contribution in [0.4, 0.5) is 5.69 Å². The van der Waals surface area contributed by atoms with Crippen LogP contribution in [0.1, 0.15) is 18.4 Å². The Morgan fingerprint density at radius 1 is 1.04 bits per heavy atom. The van der Waals surface area contributed by atoms with Gasteiger partial charge in [0.1, 0.15) is 0 Å². The van der Waals surface area contributed by atoms with Crippen LogP contribution >= 0.6 is 0 Å². The number of likely N-dealkylation sites (tertiary alicyclic amines) is 1. The Hall–Kier alpha value is -2.08. The second-order valence-electron chi connectivity index (χ2n) is 6.97. The quantitative estimate of drug-likeness (QED) is 0.861. The first-order valence-corrected chi connectivity index (χ1v) is 9.20. The molecular weight excluding hydrogens is 316 g/mol. The van der Waals surface area contributed by atoms with E-state index >= 15 is 0 Å². The van der Waals surface area contributed by atoms with Crippen LogP contribution in [0.25, 0.3) is 0 Å². The second kappa shape index (κ2) is 8.34. The van der Waals surface area contributed by atoms with Gasteiger partial charge >= 0.3 is 0 Å². The predicted molar refractivity (Wildman–Crippen MR) is 98.7 cm³/mol. The van der Waals surface area contributed by atoms with E-state index in [2.05, 4.69) is 46.3 Å². The van der Waals surface area contributed by atoms with Crippen LogP contribution in [-0.2, 0) is 9.59 Å². The maximum absolute atomic E-state index is 12.1. The van der Waals surface area contributed by atoms with Crippen molar-refractivity contribution in [2.24, 2.45) is 0 Å². The molecule has 0 unspecified atom stereocenters. The molecule has 25 heavy (non-hydrogen) atoms. The van der Waals surface area contributed by atoms with Crippen molar-refractivity contribution in [2.75, 3.05) is 57.3 Å². The second-order valence-corrected chi connectivity index (χ2v) is 6.97. The molecule has 0 atom stereocenters. The van der Waals surface area contributed by atoms with Crippen molar-refractivity contribution in [3.05, 3.63) is 29.8 Å². The van der Waals surface area contributed by atoms with Gasteiger partial charge in [0.05, 0.1) is 13.1 Å². The standard InChI is InChI=1S/C19H28N4O2/c1-16-5-4-6-17(13-16)22-11-9-21(10-12-22)15-18(24)20-14-19(25)23-7-2-3-8-23/h4-6,13H,2-3,7-12,14-15H2,1H3,(H,20,24). The molecule has 2 heterocycles. The number of rotatable bonds is 5. The van der Waals surface area contributed by atoms with E-state index in [0.717, 1.165) is 52.1 Å². The smallest absolute Gasteiger partial charge is 0.241 e. The molecule has 0 aliphatic carbocycles. The molecular formula is C19H28N4O2. The third kappa shape index (κ3) is 4.95. The van der Waals surface area contributed by atoms with Gasteiger partial charge in [-0.1, -0.05) is 12.1 Å². The molecule has 1 N–H and O–H groups in total. The number of carbonyl (C=O) groups excluding carboxylic acids is 2. The number of hydrogen-bond donors (Lipinski definition) is 1. The maximum atomic E-state index is 12.1. The fraction of sp³-hybridized carbons (Fsp3) is 0.579. The Bertz CT molecular complexity index is 605. The number of aryl methyl sites for hydroxylation is 1. The number of piperazine rings is 1. The number of benzene rings is 1. The summed E-state index contributed by atoms with van der Waals surface area (Å²) in [5.74, 6) is -0.0216. The van der Waals surface area contributed by atoms with Gasteiger partial charge in [0.25, 0.3) is 0 Å². The number of nitrogens with one attached hydrogen (secondary N) is 1. The zero-order chi connectivity index (χ0) is 17.6. The summed E-state index contributed by atoms with van der Waals surface area (Å²) in [6, 6.07) is 8.53. The molecule has 1 aromatic carbocycles. The van der Waals surface area contributed by atoms with E-state index in [4.69, 9.17) is 0 Å². The summed E-state index contributed by atoms with van der Waals surface area (Å²) in [6.07, 6.45) is 2.15. The van der Waals surface area contributed by atoms with Gasteiger partial charge in [-0.15, -0.1) is 0 Å². The maximum Gasteiger partial charge on any atom is 0.241 e. The topological polar surface area (TPSA) is 55.9 Å². The van der Waals surface area contributed by atoms with Crippen molar-refractivity contribution in [3.8, 4) is 0 Å². The molecule has 6 heteroatoms. The molecule has 1 aromatic rings. The molecule has 2 saturated heterocycles.